The van der Waals surface area contributed by atoms with Crippen molar-refractivity contribution in [1.29, 1.82) is 0 Å². The predicted molar refractivity (Wildman–Crippen MR) is 92.5 cm³/mol. The van der Waals surface area contributed by atoms with Crippen molar-refractivity contribution in [3.05, 3.63) is 56.8 Å². The summed E-state index contributed by atoms with van der Waals surface area (Å²) in [5, 5.41) is 13.5. The Hall–Kier alpha value is -2.68. The van der Waals surface area contributed by atoms with Gasteiger partial charge in [-0.25, -0.2) is 4.39 Å². The van der Waals surface area contributed by atoms with Gasteiger partial charge in [-0.05, 0) is 37.3 Å². The lowest BCUT2D eigenvalue weighted by Crippen LogP contribution is -2.30. The standard InChI is InChI=1S/C16H14BrFN2O5/c1-9(16(21)19-13-5-3-10(17)7-12(13)18)25-15-6-4-11(24-2)8-14(15)20(22)23/h3-9H,1-2H3,(H,19,21)/t9-/m1/s1. The Balaban J connectivity index is 2.14. The molecule has 2 aromatic rings. The van der Waals surface area contributed by atoms with E-state index in [2.05, 4.69) is 21.2 Å². The van der Waals surface area contributed by atoms with Gasteiger partial charge in [-0.2, -0.15) is 0 Å². The molecule has 7 nitrogen and oxygen atoms in total. The monoisotopic (exact) mass is 412 g/mol. The Labute approximate surface area is 151 Å². The highest BCUT2D eigenvalue weighted by atomic mass is 79.9. The lowest BCUT2D eigenvalue weighted by atomic mass is 10.2. The van der Waals surface area contributed by atoms with Crippen molar-refractivity contribution in [2.24, 2.45) is 0 Å². The van der Waals surface area contributed by atoms with Crippen LogP contribution in [-0.2, 0) is 4.79 Å². The molecule has 25 heavy (non-hydrogen) atoms. The summed E-state index contributed by atoms with van der Waals surface area (Å²) in [5.74, 6) is -1.07. The summed E-state index contributed by atoms with van der Waals surface area (Å²) < 4.78 is 24.6. The number of carbonyl (C=O) groups excluding carboxylic acids is 1. The lowest BCUT2D eigenvalue weighted by molar-refractivity contribution is -0.386. The fourth-order valence-corrected chi connectivity index (χ4v) is 2.27. The molecule has 0 radical (unpaired) electrons. The summed E-state index contributed by atoms with van der Waals surface area (Å²) in [6.07, 6.45) is -1.09. The molecule has 1 atom stereocenters. The fourth-order valence-electron chi connectivity index (χ4n) is 1.94. The molecule has 2 rings (SSSR count). The van der Waals surface area contributed by atoms with Gasteiger partial charge in [0.2, 0.25) is 0 Å². The number of ether oxygens (including phenoxy) is 2. The second kappa shape index (κ2) is 7.93. The third-order valence-electron chi connectivity index (χ3n) is 3.22. The molecule has 0 unspecified atom stereocenters. The molecule has 132 valence electrons. The minimum atomic E-state index is -1.09. The highest BCUT2D eigenvalue weighted by Crippen LogP contribution is 2.32. The summed E-state index contributed by atoms with van der Waals surface area (Å²) in [5.41, 5.74) is -0.360. The number of nitro groups is 1. The summed E-state index contributed by atoms with van der Waals surface area (Å²) >= 11 is 3.12. The lowest BCUT2D eigenvalue weighted by Gasteiger charge is -2.15. The fraction of sp³-hybridized carbons (Fsp3) is 0.188. The number of carbonyl (C=O) groups is 1. The van der Waals surface area contributed by atoms with Crippen molar-refractivity contribution in [3.8, 4) is 11.5 Å². The number of rotatable bonds is 6. The minimum absolute atomic E-state index is 0.0205. The molecule has 0 spiro atoms. The second-order valence-corrected chi connectivity index (χ2v) is 5.88. The number of anilines is 1. The number of amides is 1. The van der Waals surface area contributed by atoms with Crippen LogP contribution in [0.3, 0.4) is 0 Å². The zero-order chi connectivity index (χ0) is 18.6. The van der Waals surface area contributed by atoms with E-state index in [4.69, 9.17) is 9.47 Å². The zero-order valence-electron chi connectivity index (χ0n) is 13.3. The first kappa shape index (κ1) is 18.7. The highest BCUT2D eigenvalue weighted by molar-refractivity contribution is 9.10. The van der Waals surface area contributed by atoms with Gasteiger partial charge < -0.3 is 14.8 Å². The maximum absolute atomic E-state index is 13.8. The molecular weight excluding hydrogens is 399 g/mol. The van der Waals surface area contributed by atoms with Crippen LogP contribution in [0.4, 0.5) is 15.8 Å². The Bertz CT molecular complexity index is 815. The first-order valence-corrected chi connectivity index (χ1v) is 7.86. The van der Waals surface area contributed by atoms with Gasteiger partial charge in [-0.1, -0.05) is 15.9 Å². The Morgan fingerprint density at radius 2 is 2.04 bits per heavy atom. The first-order valence-electron chi connectivity index (χ1n) is 7.07. The van der Waals surface area contributed by atoms with E-state index in [1.165, 1.54) is 44.4 Å². The van der Waals surface area contributed by atoms with E-state index in [-0.39, 0.29) is 22.9 Å². The van der Waals surface area contributed by atoms with Gasteiger partial charge in [0.15, 0.2) is 11.9 Å². The summed E-state index contributed by atoms with van der Waals surface area (Å²) in [7, 11) is 1.38. The van der Waals surface area contributed by atoms with Crippen molar-refractivity contribution in [2.45, 2.75) is 13.0 Å². The predicted octanol–water partition coefficient (Wildman–Crippen LogP) is 3.91. The third kappa shape index (κ3) is 4.66. The van der Waals surface area contributed by atoms with Gasteiger partial charge in [-0.3, -0.25) is 14.9 Å². The van der Waals surface area contributed by atoms with Crippen molar-refractivity contribution >= 4 is 33.2 Å². The van der Waals surface area contributed by atoms with Crippen LogP contribution in [0.25, 0.3) is 0 Å². The average molecular weight is 413 g/mol. The van der Waals surface area contributed by atoms with Crippen LogP contribution in [0.15, 0.2) is 40.9 Å². The Morgan fingerprint density at radius 3 is 2.64 bits per heavy atom. The average Bonchev–Trinajstić information content (AvgIpc) is 2.57. The minimum Gasteiger partial charge on any atom is -0.496 e. The molecule has 0 aromatic heterocycles. The Morgan fingerprint density at radius 1 is 1.32 bits per heavy atom. The van der Waals surface area contributed by atoms with Gasteiger partial charge in [0, 0.05) is 4.47 Å². The normalized spacial score (nSPS) is 11.5. The summed E-state index contributed by atoms with van der Waals surface area (Å²) in [6.45, 7) is 1.40. The number of nitrogens with one attached hydrogen (secondary N) is 1. The number of nitro benzene ring substituents is 1. The molecule has 1 amide bonds. The molecule has 0 heterocycles. The van der Waals surface area contributed by atoms with E-state index in [0.29, 0.717) is 4.47 Å². The van der Waals surface area contributed by atoms with Gasteiger partial charge >= 0.3 is 5.69 Å². The quantitative estimate of drug-likeness (QED) is 0.573. The highest BCUT2D eigenvalue weighted by Gasteiger charge is 2.22. The molecule has 0 aliphatic heterocycles. The number of halogens is 2. The van der Waals surface area contributed by atoms with Crippen molar-refractivity contribution in [2.75, 3.05) is 12.4 Å². The number of benzene rings is 2. The maximum Gasteiger partial charge on any atom is 0.314 e. The van der Waals surface area contributed by atoms with Crippen molar-refractivity contribution in [3.63, 3.8) is 0 Å². The molecule has 0 aliphatic carbocycles. The van der Waals surface area contributed by atoms with Crippen LogP contribution < -0.4 is 14.8 Å². The molecule has 0 fully saturated rings. The van der Waals surface area contributed by atoms with E-state index in [0.717, 1.165) is 0 Å². The van der Waals surface area contributed by atoms with Crippen LogP contribution in [0.2, 0.25) is 0 Å². The van der Waals surface area contributed by atoms with Gasteiger partial charge in [0.1, 0.15) is 11.6 Å². The van der Waals surface area contributed by atoms with E-state index in [1.807, 2.05) is 0 Å². The number of methoxy groups -OCH3 is 1. The van der Waals surface area contributed by atoms with Crippen molar-refractivity contribution in [1.82, 2.24) is 0 Å². The van der Waals surface area contributed by atoms with Crippen LogP contribution in [0.5, 0.6) is 11.5 Å². The van der Waals surface area contributed by atoms with Crippen LogP contribution >= 0.6 is 15.9 Å². The summed E-state index contributed by atoms with van der Waals surface area (Å²) in [4.78, 5) is 22.6. The first-order chi connectivity index (χ1) is 11.8. The summed E-state index contributed by atoms with van der Waals surface area (Å²) in [6, 6.07) is 8.16. The topological polar surface area (TPSA) is 90.7 Å². The van der Waals surface area contributed by atoms with Gasteiger partial charge in [0.05, 0.1) is 23.8 Å². The van der Waals surface area contributed by atoms with Crippen LogP contribution in [0.1, 0.15) is 6.92 Å². The molecule has 0 saturated carbocycles. The van der Waals surface area contributed by atoms with Crippen LogP contribution in [0, 0.1) is 15.9 Å². The Kier molecular flexibility index (Phi) is 5.92. The third-order valence-corrected chi connectivity index (χ3v) is 3.72. The molecule has 0 bridgehead atoms. The molecule has 0 aliphatic rings. The molecule has 9 heteroatoms. The second-order valence-electron chi connectivity index (χ2n) is 4.96. The molecule has 2 aromatic carbocycles. The smallest absolute Gasteiger partial charge is 0.314 e. The molecule has 0 saturated heterocycles. The molecule has 1 N–H and O–H groups in total. The van der Waals surface area contributed by atoms with Gasteiger partial charge in [0.25, 0.3) is 5.91 Å². The number of hydrogen-bond donors (Lipinski definition) is 1. The maximum atomic E-state index is 13.8. The largest absolute Gasteiger partial charge is 0.496 e. The van der Waals surface area contributed by atoms with E-state index < -0.39 is 22.8 Å². The van der Waals surface area contributed by atoms with Crippen LogP contribution in [-0.4, -0.2) is 24.0 Å². The molecular formula is C16H14BrFN2O5. The zero-order valence-corrected chi connectivity index (χ0v) is 14.9. The SMILES string of the molecule is COc1ccc(O[C@H](C)C(=O)Nc2ccc(Br)cc2F)c([N+](=O)[O-])c1. The van der Waals surface area contributed by atoms with E-state index in [1.54, 1.807) is 6.07 Å². The van der Waals surface area contributed by atoms with Crippen molar-refractivity contribution < 1.29 is 23.6 Å². The van der Waals surface area contributed by atoms with Gasteiger partial charge in [-0.15, -0.1) is 0 Å². The van der Waals surface area contributed by atoms with E-state index in [9.17, 15) is 19.3 Å². The number of nitrogens with zero attached hydrogens (tertiary/aromatic N) is 1. The number of hydrogen-bond acceptors (Lipinski definition) is 5. The van der Waals surface area contributed by atoms with E-state index >= 15 is 0 Å².